The molecule has 64 heavy (non-hydrogen) atoms. The lowest BCUT2D eigenvalue weighted by Crippen LogP contribution is -2.14. The second-order valence-electron chi connectivity index (χ2n) is 18.8. The van der Waals surface area contributed by atoms with Gasteiger partial charge in [-0.2, -0.15) is 0 Å². The summed E-state index contributed by atoms with van der Waals surface area (Å²) in [4.78, 5) is 20.6. The Hall–Kier alpha value is -3.14. The molecule has 0 radical (unpaired) electrons. The van der Waals surface area contributed by atoms with Gasteiger partial charge >= 0.3 is 5.97 Å². The van der Waals surface area contributed by atoms with Crippen molar-refractivity contribution in [1.29, 1.82) is 0 Å². The predicted molar refractivity (Wildman–Crippen MR) is 284 cm³/mol. The molecule has 0 spiro atoms. The first kappa shape index (κ1) is 47.4. The zero-order chi connectivity index (χ0) is 44.7. The second-order valence-corrected chi connectivity index (χ2v) is 23.8. The van der Waals surface area contributed by atoms with E-state index in [9.17, 15) is 4.79 Å². The molecular weight excluding hydrogens is 884 g/mol. The molecular formula is C56H67FO2S5. The van der Waals surface area contributed by atoms with E-state index in [1.54, 1.807) is 22.7 Å². The predicted octanol–water partition coefficient (Wildman–Crippen LogP) is 19.7. The van der Waals surface area contributed by atoms with Crippen molar-refractivity contribution in [2.24, 2.45) is 17.8 Å². The zero-order valence-corrected chi connectivity index (χ0v) is 43.1. The van der Waals surface area contributed by atoms with Crippen LogP contribution < -0.4 is 0 Å². The number of unbranched alkanes of at least 4 members (excludes halogenated alkanes) is 6. The van der Waals surface area contributed by atoms with E-state index in [1.165, 1.54) is 122 Å². The molecule has 1 aliphatic carbocycles. The van der Waals surface area contributed by atoms with Crippen molar-refractivity contribution in [2.75, 3.05) is 6.61 Å². The van der Waals surface area contributed by atoms with Crippen LogP contribution in [0.15, 0.2) is 64.9 Å². The van der Waals surface area contributed by atoms with E-state index >= 15 is 4.39 Å². The SMILES string of the molecule is CCCCCCC(CCCC)Cc1cc2cc(-c3sc(-c4cccs4)c4c3C(F)=C(C(=O)OCC(C)CCCC)C4)sc2c2c(CC(C)CCCC)cc3cc(-c4cccs4)sc3c12. The Morgan fingerprint density at radius 1 is 0.641 bits per heavy atom. The van der Waals surface area contributed by atoms with E-state index in [0.29, 0.717) is 24.0 Å². The fourth-order valence-electron chi connectivity index (χ4n) is 9.95. The van der Waals surface area contributed by atoms with E-state index in [4.69, 9.17) is 4.74 Å². The minimum absolute atomic E-state index is 0.176. The number of thiophene rings is 5. The molecule has 2 nitrogen and oxygen atoms in total. The summed E-state index contributed by atoms with van der Waals surface area (Å²) in [6.07, 6.45) is 19.5. The van der Waals surface area contributed by atoms with Gasteiger partial charge < -0.3 is 4.74 Å². The third-order valence-electron chi connectivity index (χ3n) is 13.5. The van der Waals surface area contributed by atoms with Gasteiger partial charge in [-0.1, -0.05) is 137 Å². The van der Waals surface area contributed by atoms with Crippen molar-refractivity contribution < 1.29 is 13.9 Å². The van der Waals surface area contributed by atoms with Gasteiger partial charge in [-0.3, -0.25) is 0 Å². The number of carbonyl (C=O) groups excluding carboxylic acids is 1. The van der Waals surface area contributed by atoms with Crippen LogP contribution >= 0.6 is 56.7 Å². The fraction of sp³-hybridized carbons (Fsp3) is 0.482. The van der Waals surface area contributed by atoms with Crippen molar-refractivity contribution in [1.82, 2.24) is 0 Å². The molecule has 5 aromatic heterocycles. The Kier molecular flexibility index (Phi) is 16.4. The van der Waals surface area contributed by atoms with Crippen LogP contribution in [0.3, 0.4) is 0 Å². The molecule has 0 saturated carbocycles. The first-order valence-electron chi connectivity index (χ1n) is 24.5. The maximum atomic E-state index is 17.1. The zero-order valence-electron chi connectivity index (χ0n) is 39.0. The van der Waals surface area contributed by atoms with E-state index in [-0.39, 0.29) is 17.9 Å². The number of esters is 1. The van der Waals surface area contributed by atoms with Gasteiger partial charge in [0.25, 0.3) is 0 Å². The van der Waals surface area contributed by atoms with Crippen LogP contribution in [0.1, 0.15) is 154 Å². The number of fused-ring (bicyclic) bond motifs is 6. The summed E-state index contributed by atoms with van der Waals surface area (Å²) in [6, 6.07) is 18.6. The molecule has 0 aliphatic heterocycles. The van der Waals surface area contributed by atoms with E-state index in [2.05, 4.69) is 101 Å². The molecule has 0 amide bonds. The Morgan fingerprint density at radius 3 is 1.89 bits per heavy atom. The minimum Gasteiger partial charge on any atom is -0.462 e. The third kappa shape index (κ3) is 10.4. The summed E-state index contributed by atoms with van der Waals surface area (Å²) in [5, 5.41) is 9.80. The normalized spacial score (nSPS) is 14.4. The van der Waals surface area contributed by atoms with Crippen LogP contribution in [-0.2, 0) is 28.8 Å². The lowest BCUT2D eigenvalue weighted by Gasteiger charge is -2.21. The van der Waals surface area contributed by atoms with Crippen molar-refractivity contribution in [2.45, 2.75) is 151 Å². The summed E-state index contributed by atoms with van der Waals surface area (Å²) in [7, 11) is 0. The number of halogens is 1. The molecule has 8 heteroatoms. The average molecular weight is 951 g/mol. The highest BCUT2D eigenvalue weighted by molar-refractivity contribution is 7.29. The molecule has 2 aromatic carbocycles. The Labute approximate surface area is 402 Å². The van der Waals surface area contributed by atoms with Gasteiger partial charge in [-0.15, -0.1) is 56.7 Å². The van der Waals surface area contributed by atoms with Gasteiger partial charge in [0, 0.05) is 56.5 Å². The molecule has 7 aromatic rings. The molecule has 1 aliphatic rings. The van der Waals surface area contributed by atoms with Crippen molar-refractivity contribution in [3.63, 3.8) is 0 Å². The molecule has 0 bridgehead atoms. The molecule has 340 valence electrons. The minimum atomic E-state index is -0.506. The molecule has 0 saturated heterocycles. The van der Waals surface area contributed by atoms with Crippen LogP contribution in [0.2, 0.25) is 0 Å². The van der Waals surface area contributed by atoms with Gasteiger partial charge in [0.15, 0.2) is 0 Å². The van der Waals surface area contributed by atoms with Gasteiger partial charge in [0.05, 0.1) is 17.1 Å². The lowest BCUT2D eigenvalue weighted by atomic mass is 9.85. The summed E-state index contributed by atoms with van der Waals surface area (Å²) < 4.78 is 25.7. The Bertz CT molecular complexity index is 2670. The van der Waals surface area contributed by atoms with Gasteiger partial charge in [0.2, 0.25) is 0 Å². The van der Waals surface area contributed by atoms with E-state index < -0.39 is 11.8 Å². The highest BCUT2D eigenvalue weighted by Gasteiger charge is 2.36. The highest BCUT2D eigenvalue weighted by atomic mass is 32.1. The monoisotopic (exact) mass is 950 g/mol. The highest BCUT2D eigenvalue weighted by Crippen LogP contribution is 2.55. The summed E-state index contributed by atoms with van der Waals surface area (Å²) in [5.74, 6) is 0.541. The standard InChI is InChI=1S/C56H67FO2S5/c1-7-11-15-16-22-37(21-14-10-4)28-39-30-41-32-47(55-50-42(54(64-55)45-24-18-26-61-45)33-43(51(50)57)56(58)59-34-36(6)20-13-9-3)63-53(41)48-38(27-35(5)19-12-8-2)29-40-31-46(44-23-17-25-60-44)62-52(40)49(39)48/h17-18,23-26,29-32,35-37H,7-16,19-22,27-28,33-34H2,1-6H3. The number of benzene rings is 2. The Balaban J connectivity index is 1.32. The van der Waals surface area contributed by atoms with E-state index in [0.717, 1.165) is 57.2 Å². The third-order valence-corrected chi connectivity index (χ3v) is 19.3. The maximum Gasteiger partial charge on any atom is 0.337 e. The van der Waals surface area contributed by atoms with Gasteiger partial charge in [0.1, 0.15) is 5.83 Å². The second kappa shape index (κ2) is 22.1. The van der Waals surface area contributed by atoms with Gasteiger partial charge in [-0.25, -0.2) is 9.18 Å². The molecule has 0 N–H and O–H groups in total. The van der Waals surface area contributed by atoms with Crippen LogP contribution in [0.4, 0.5) is 4.39 Å². The molecule has 3 unspecified atom stereocenters. The first-order valence-corrected chi connectivity index (χ1v) is 28.7. The van der Waals surface area contributed by atoms with Crippen molar-refractivity contribution >= 4 is 99.4 Å². The fourth-order valence-corrected chi connectivity index (χ4v) is 15.5. The van der Waals surface area contributed by atoms with E-state index in [1.807, 2.05) is 34.0 Å². The van der Waals surface area contributed by atoms with Gasteiger partial charge in [-0.05, 0) is 112 Å². The number of carbonyl (C=O) groups is 1. The summed E-state index contributed by atoms with van der Waals surface area (Å²) >= 11 is 9.03. The van der Waals surface area contributed by atoms with Crippen LogP contribution in [0, 0.1) is 17.8 Å². The van der Waals surface area contributed by atoms with Crippen molar-refractivity contribution in [3.05, 3.63) is 87.1 Å². The van der Waals surface area contributed by atoms with Crippen LogP contribution in [0.25, 0.3) is 66.0 Å². The van der Waals surface area contributed by atoms with Crippen molar-refractivity contribution in [3.8, 4) is 29.3 Å². The summed E-state index contributed by atoms with van der Waals surface area (Å²) in [6.45, 7) is 14.0. The first-order chi connectivity index (χ1) is 31.2. The smallest absolute Gasteiger partial charge is 0.337 e. The number of hydrogen-bond donors (Lipinski definition) is 0. The quantitative estimate of drug-likeness (QED) is 0.0446. The molecule has 3 atom stereocenters. The Morgan fingerprint density at radius 2 is 1.23 bits per heavy atom. The number of rotatable bonds is 24. The number of ether oxygens (including phenoxy) is 1. The molecule has 8 rings (SSSR count). The molecule has 0 fully saturated rings. The largest absolute Gasteiger partial charge is 0.462 e. The maximum absolute atomic E-state index is 17.1. The average Bonchev–Trinajstić information content (AvgIpc) is 4.15. The van der Waals surface area contributed by atoms with Crippen LogP contribution in [0.5, 0.6) is 0 Å². The number of hydrogen-bond acceptors (Lipinski definition) is 7. The van der Waals surface area contributed by atoms with Crippen LogP contribution in [-0.4, -0.2) is 12.6 Å². The topological polar surface area (TPSA) is 26.3 Å². The summed E-state index contributed by atoms with van der Waals surface area (Å²) in [5.41, 5.74) is 4.65. The molecule has 5 heterocycles. The lowest BCUT2D eigenvalue weighted by molar-refractivity contribution is -0.140.